The predicted octanol–water partition coefficient (Wildman–Crippen LogP) is 5.19. The molecule has 0 saturated heterocycles. The van der Waals surface area contributed by atoms with Gasteiger partial charge in [-0.15, -0.1) is 10.2 Å². The zero-order chi connectivity index (χ0) is 24.2. The summed E-state index contributed by atoms with van der Waals surface area (Å²) in [5, 5.41) is 11.9. The first-order chi connectivity index (χ1) is 15.5. The Labute approximate surface area is 198 Å². The minimum atomic E-state index is -0.300. The van der Waals surface area contributed by atoms with Crippen molar-refractivity contribution in [1.29, 1.82) is 0 Å². The molecule has 0 aliphatic rings. The molecule has 0 radical (unpaired) electrons. The Bertz CT molecular complexity index is 1120. The predicted molar refractivity (Wildman–Crippen MR) is 131 cm³/mol. The van der Waals surface area contributed by atoms with E-state index in [1.807, 2.05) is 30.7 Å². The summed E-state index contributed by atoms with van der Waals surface area (Å²) in [5.41, 5.74) is 2.58. The second kappa shape index (κ2) is 10.2. The van der Waals surface area contributed by atoms with Crippen molar-refractivity contribution in [3.63, 3.8) is 0 Å². The summed E-state index contributed by atoms with van der Waals surface area (Å²) in [7, 11) is 1.86. The van der Waals surface area contributed by atoms with Crippen LogP contribution in [0.3, 0.4) is 0 Å². The van der Waals surface area contributed by atoms with Crippen molar-refractivity contribution in [2.75, 3.05) is 11.1 Å². The number of benzene rings is 2. The van der Waals surface area contributed by atoms with Gasteiger partial charge in [0, 0.05) is 18.3 Å². The Balaban J connectivity index is 1.56. The van der Waals surface area contributed by atoms with E-state index in [1.54, 1.807) is 24.3 Å². The molecule has 1 amide bonds. The number of hydrogen-bond acceptors (Lipinski definition) is 6. The molecule has 0 aliphatic carbocycles. The minimum Gasteiger partial charge on any atom is -0.483 e. The standard InChI is InChI=1S/C25H30N4O3S/c1-16(30)18-7-11-20(12-8-18)26-22(31)15-33-24-28-27-23(29(24)6)17(2)32-21-13-9-19(10-14-21)25(3,4)5/h7-14,17H,15H2,1-6H3,(H,26,31). The molecule has 1 unspecified atom stereocenters. The Kier molecular flexibility index (Phi) is 7.58. The lowest BCUT2D eigenvalue weighted by Crippen LogP contribution is -2.15. The van der Waals surface area contributed by atoms with E-state index in [4.69, 9.17) is 4.74 Å². The van der Waals surface area contributed by atoms with Crippen LogP contribution in [0.15, 0.2) is 53.7 Å². The Morgan fingerprint density at radius 2 is 1.70 bits per heavy atom. The molecule has 0 spiro atoms. The van der Waals surface area contributed by atoms with Crippen molar-refractivity contribution < 1.29 is 14.3 Å². The first kappa shape index (κ1) is 24.5. The third-order valence-corrected chi connectivity index (χ3v) is 6.19. The number of hydrogen-bond donors (Lipinski definition) is 1. The van der Waals surface area contributed by atoms with Gasteiger partial charge < -0.3 is 14.6 Å². The first-order valence-electron chi connectivity index (χ1n) is 10.7. The van der Waals surface area contributed by atoms with Gasteiger partial charge in [0.25, 0.3) is 0 Å². The monoisotopic (exact) mass is 466 g/mol. The number of Topliss-reactive ketones (excluding diaryl/α,β-unsaturated/α-hetero) is 1. The van der Waals surface area contributed by atoms with Gasteiger partial charge in [-0.2, -0.15) is 0 Å². The van der Waals surface area contributed by atoms with E-state index >= 15 is 0 Å². The van der Waals surface area contributed by atoms with Gasteiger partial charge in [-0.05, 0) is 61.2 Å². The van der Waals surface area contributed by atoms with E-state index < -0.39 is 0 Å². The van der Waals surface area contributed by atoms with Crippen LogP contribution < -0.4 is 10.1 Å². The molecule has 0 fully saturated rings. The largest absolute Gasteiger partial charge is 0.483 e. The average molecular weight is 467 g/mol. The van der Waals surface area contributed by atoms with Gasteiger partial charge in [0.2, 0.25) is 5.91 Å². The fourth-order valence-electron chi connectivity index (χ4n) is 3.21. The first-order valence-corrected chi connectivity index (χ1v) is 11.7. The molecule has 3 rings (SSSR count). The van der Waals surface area contributed by atoms with Gasteiger partial charge in [-0.25, -0.2) is 0 Å². The number of rotatable bonds is 8. The molecule has 3 aromatic rings. The second-order valence-electron chi connectivity index (χ2n) is 8.90. The summed E-state index contributed by atoms with van der Waals surface area (Å²) < 4.78 is 7.90. The summed E-state index contributed by atoms with van der Waals surface area (Å²) in [6, 6.07) is 14.9. The van der Waals surface area contributed by atoms with E-state index in [9.17, 15) is 9.59 Å². The molecule has 0 aliphatic heterocycles. The minimum absolute atomic E-state index is 0.0124. The smallest absolute Gasteiger partial charge is 0.234 e. The normalized spacial score (nSPS) is 12.3. The molecule has 0 bridgehead atoms. The lowest BCUT2D eigenvalue weighted by molar-refractivity contribution is -0.113. The Hall–Kier alpha value is -3.13. The number of nitrogens with one attached hydrogen (secondary N) is 1. The van der Waals surface area contributed by atoms with Crippen LogP contribution in [0.5, 0.6) is 5.75 Å². The van der Waals surface area contributed by atoms with Crippen LogP contribution >= 0.6 is 11.8 Å². The summed E-state index contributed by atoms with van der Waals surface area (Å²) in [6.45, 7) is 9.96. The number of carbonyl (C=O) groups excluding carboxylic acids is 2. The van der Waals surface area contributed by atoms with E-state index in [1.165, 1.54) is 24.2 Å². The highest BCUT2D eigenvalue weighted by molar-refractivity contribution is 7.99. The summed E-state index contributed by atoms with van der Waals surface area (Å²) in [5.74, 6) is 1.45. The van der Waals surface area contributed by atoms with Gasteiger partial charge in [0.1, 0.15) is 5.75 Å². The van der Waals surface area contributed by atoms with Crippen LogP contribution in [0.25, 0.3) is 0 Å². The van der Waals surface area contributed by atoms with Crippen LogP contribution in [-0.2, 0) is 17.3 Å². The highest BCUT2D eigenvalue weighted by atomic mass is 32.2. The molecule has 1 heterocycles. The van der Waals surface area contributed by atoms with Gasteiger partial charge in [-0.1, -0.05) is 44.7 Å². The Morgan fingerprint density at radius 3 is 2.27 bits per heavy atom. The van der Waals surface area contributed by atoms with Gasteiger partial charge >= 0.3 is 0 Å². The van der Waals surface area contributed by atoms with Crippen molar-refractivity contribution in [3.8, 4) is 5.75 Å². The van der Waals surface area contributed by atoms with Gasteiger partial charge in [0.15, 0.2) is 22.9 Å². The number of aromatic nitrogens is 3. The molecule has 7 nitrogen and oxygen atoms in total. The molecular weight excluding hydrogens is 436 g/mol. The number of ether oxygens (including phenoxy) is 1. The van der Waals surface area contributed by atoms with Crippen LogP contribution in [0, 0.1) is 0 Å². The van der Waals surface area contributed by atoms with Crippen molar-refractivity contribution in [1.82, 2.24) is 14.8 Å². The quantitative estimate of drug-likeness (QED) is 0.363. The van der Waals surface area contributed by atoms with Crippen LogP contribution in [0.1, 0.15) is 62.5 Å². The lowest BCUT2D eigenvalue weighted by atomic mass is 9.87. The SMILES string of the molecule is CC(=O)c1ccc(NC(=O)CSc2nnc(C(C)Oc3ccc(C(C)(C)C)cc3)n2C)cc1. The average Bonchev–Trinajstić information content (AvgIpc) is 3.13. The van der Waals surface area contributed by atoms with E-state index in [0.717, 1.165) is 5.75 Å². The molecule has 1 aromatic heterocycles. The number of nitrogens with zero attached hydrogens (tertiary/aromatic N) is 3. The van der Waals surface area contributed by atoms with Gasteiger partial charge in [0.05, 0.1) is 5.75 Å². The van der Waals surface area contributed by atoms with Crippen molar-refractivity contribution in [2.45, 2.75) is 51.3 Å². The zero-order valence-electron chi connectivity index (χ0n) is 19.9. The van der Waals surface area contributed by atoms with Crippen molar-refractivity contribution in [2.24, 2.45) is 7.05 Å². The maximum absolute atomic E-state index is 12.3. The topological polar surface area (TPSA) is 86.1 Å². The second-order valence-corrected chi connectivity index (χ2v) is 9.85. The highest BCUT2D eigenvalue weighted by Crippen LogP contribution is 2.27. The fourth-order valence-corrected chi connectivity index (χ4v) is 3.93. The van der Waals surface area contributed by atoms with E-state index in [-0.39, 0.29) is 29.0 Å². The number of ketones is 1. The van der Waals surface area contributed by atoms with Crippen molar-refractivity contribution in [3.05, 3.63) is 65.5 Å². The third-order valence-electron chi connectivity index (χ3n) is 5.17. The Morgan fingerprint density at radius 1 is 1.06 bits per heavy atom. The number of carbonyl (C=O) groups is 2. The zero-order valence-corrected chi connectivity index (χ0v) is 20.7. The summed E-state index contributed by atoms with van der Waals surface area (Å²) in [6.07, 6.45) is -0.300. The molecular formula is C25H30N4O3S. The molecule has 33 heavy (non-hydrogen) atoms. The number of thioether (sulfide) groups is 1. The third kappa shape index (κ3) is 6.44. The van der Waals surface area contributed by atoms with Crippen molar-refractivity contribution >= 4 is 29.1 Å². The maximum atomic E-state index is 12.3. The summed E-state index contributed by atoms with van der Waals surface area (Å²) in [4.78, 5) is 23.7. The molecule has 0 saturated carbocycles. The molecule has 2 aromatic carbocycles. The number of amides is 1. The lowest BCUT2D eigenvalue weighted by Gasteiger charge is -2.20. The van der Waals surface area contributed by atoms with E-state index in [2.05, 4.69) is 48.4 Å². The van der Waals surface area contributed by atoms with Crippen LogP contribution in [0.2, 0.25) is 0 Å². The molecule has 1 atom stereocenters. The summed E-state index contributed by atoms with van der Waals surface area (Å²) >= 11 is 1.30. The maximum Gasteiger partial charge on any atom is 0.234 e. The number of anilines is 1. The highest BCUT2D eigenvalue weighted by Gasteiger charge is 2.19. The van der Waals surface area contributed by atoms with Crippen LogP contribution in [-0.4, -0.2) is 32.2 Å². The fraction of sp³-hybridized carbons (Fsp3) is 0.360. The molecule has 1 N–H and O–H groups in total. The van der Waals surface area contributed by atoms with E-state index in [0.29, 0.717) is 22.2 Å². The van der Waals surface area contributed by atoms with Crippen LogP contribution in [0.4, 0.5) is 5.69 Å². The van der Waals surface area contributed by atoms with Gasteiger partial charge in [-0.3, -0.25) is 9.59 Å². The molecule has 8 heteroatoms. The molecule has 174 valence electrons.